The summed E-state index contributed by atoms with van der Waals surface area (Å²) in [7, 11) is -3.30. The number of hydrogen-bond donors (Lipinski definition) is 0. The van der Waals surface area contributed by atoms with Crippen molar-refractivity contribution in [3.8, 4) is 6.07 Å². The lowest BCUT2D eigenvalue weighted by molar-refractivity contribution is 0.0698. The zero-order valence-electron chi connectivity index (χ0n) is 17.3. The zero-order valence-corrected chi connectivity index (χ0v) is 18.1. The van der Waals surface area contributed by atoms with Crippen molar-refractivity contribution >= 4 is 32.5 Å². The molecule has 0 spiro atoms. The van der Waals surface area contributed by atoms with Gasteiger partial charge in [-0.05, 0) is 31.0 Å². The van der Waals surface area contributed by atoms with Crippen molar-refractivity contribution in [1.82, 2.24) is 14.2 Å². The molecule has 2 aromatic rings. The molecule has 4 rings (SSSR count). The molecular formula is C21H24FN5O3S. The Morgan fingerprint density at radius 1 is 1.16 bits per heavy atom. The van der Waals surface area contributed by atoms with Gasteiger partial charge in [0.05, 0.1) is 29.1 Å². The SMILES string of the molecule is CS(=O)(=O)N1CCN(C(=O)c2cnc3ccc(F)cc3c2N2CCC(C#N)CC2)CC1. The number of rotatable bonds is 3. The summed E-state index contributed by atoms with van der Waals surface area (Å²) in [5.74, 6) is -0.678. The molecule has 3 heterocycles. The molecule has 1 amide bonds. The number of aromatic nitrogens is 1. The Morgan fingerprint density at radius 2 is 1.84 bits per heavy atom. The Labute approximate surface area is 180 Å². The second-order valence-corrected chi connectivity index (χ2v) is 10.0. The Hall–Kier alpha value is -2.77. The molecule has 0 saturated carbocycles. The number of anilines is 1. The van der Waals surface area contributed by atoms with Gasteiger partial charge in [-0.25, -0.2) is 12.8 Å². The first-order valence-corrected chi connectivity index (χ1v) is 12.1. The molecule has 164 valence electrons. The summed E-state index contributed by atoms with van der Waals surface area (Å²) in [5, 5.41) is 9.78. The predicted octanol–water partition coefficient (Wildman–Crippen LogP) is 1.83. The lowest BCUT2D eigenvalue weighted by Crippen LogP contribution is -2.50. The number of carbonyl (C=O) groups is 1. The third kappa shape index (κ3) is 4.34. The quantitative estimate of drug-likeness (QED) is 0.715. The molecule has 10 heteroatoms. The van der Waals surface area contributed by atoms with E-state index in [0.717, 1.165) is 6.26 Å². The smallest absolute Gasteiger partial charge is 0.257 e. The fourth-order valence-corrected chi connectivity index (χ4v) is 5.10. The fraction of sp³-hybridized carbons (Fsp3) is 0.476. The number of piperidine rings is 1. The molecule has 1 aromatic carbocycles. The summed E-state index contributed by atoms with van der Waals surface area (Å²) in [6.45, 7) is 2.23. The average Bonchev–Trinajstić information content (AvgIpc) is 2.77. The molecular weight excluding hydrogens is 421 g/mol. The van der Waals surface area contributed by atoms with Crippen LogP contribution >= 0.6 is 0 Å². The number of benzene rings is 1. The van der Waals surface area contributed by atoms with Crippen molar-refractivity contribution in [3.63, 3.8) is 0 Å². The van der Waals surface area contributed by atoms with E-state index in [1.165, 1.54) is 22.6 Å². The van der Waals surface area contributed by atoms with Crippen LogP contribution in [0.2, 0.25) is 0 Å². The predicted molar refractivity (Wildman–Crippen MR) is 115 cm³/mol. The number of nitriles is 1. The van der Waals surface area contributed by atoms with Crippen molar-refractivity contribution in [3.05, 3.63) is 35.8 Å². The lowest BCUT2D eigenvalue weighted by atomic mass is 9.96. The average molecular weight is 446 g/mol. The summed E-state index contributed by atoms with van der Waals surface area (Å²) in [5.41, 5.74) is 1.61. The molecule has 2 aliphatic rings. The highest BCUT2D eigenvalue weighted by molar-refractivity contribution is 7.88. The fourth-order valence-electron chi connectivity index (χ4n) is 4.27. The molecule has 8 nitrogen and oxygen atoms in total. The van der Waals surface area contributed by atoms with Gasteiger partial charge in [-0.3, -0.25) is 9.78 Å². The summed E-state index contributed by atoms with van der Waals surface area (Å²) < 4.78 is 39.0. The van der Waals surface area contributed by atoms with Gasteiger partial charge in [-0.2, -0.15) is 9.57 Å². The third-order valence-corrected chi connectivity index (χ3v) is 7.32. The van der Waals surface area contributed by atoms with Crippen LogP contribution in [0.5, 0.6) is 0 Å². The second kappa shape index (κ2) is 8.40. The first-order chi connectivity index (χ1) is 14.8. The molecule has 0 radical (unpaired) electrons. The van der Waals surface area contributed by atoms with Crippen LogP contribution in [0.25, 0.3) is 10.9 Å². The zero-order chi connectivity index (χ0) is 22.2. The molecule has 2 saturated heterocycles. The molecule has 31 heavy (non-hydrogen) atoms. The molecule has 0 aliphatic carbocycles. The van der Waals surface area contributed by atoms with Crippen LogP contribution in [0, 0.1) is 23.1 Å². The van der Waals surface area contributed by atoms with Gasteiger partial charge in [-0.15, -0.1) is 0 Å². The maximum absolute atomic E-state index is 14.1. The van der Waals surface area contributed by atoms with Crippen molar-refractivity contribution < 1.29 is 17.6 Å². The maximum Gasteiger partial charge on any atom is 0.257 e. The Kier molecular flexibility index (Phi) is 5.81. The van der Waals surface area contributed by atoms with Crippen LogP contribution in [0.15, 0.2) is 24.4 Å². The van der Waals surface area contributed by atoms with Gasteiger partial charge in [0.2, 0.25) is 10.0 Å². The van der Waals surface area contributed by atoms with Crippen molar-refractivity contribution in [2.24, 2.45) is 5.92 Å². The topological polar surface area (TPSA) is 97.6 Å². The molecule has 1 aromatic heterocycles. The number of sulfonamides is 1. The van der Waals surface area contributed by atoms with Crippen LogP contribution in [0.1, 0.15) is 23.2 Å². The first kappa shape index (κ1) is 21.5. The Bertz CT molecular complexity index is 1150. The normalized spacial score (nSPS) is 18.9. The molecule has 0 bridgehead atoms. The Morgan fingerprint density at radius 3 is 2.45 bits per heavy atom. The van der Waals surface area contributed by atoms with Crippen molar-refractivity contribution in [2.45, 2.75) is 12.8 Å². The summed E-state index contributed by atoms with van der Waals surface area (Å²) in [6.07, 6.45) is 4.04. The van der Waals surface area contributed by atoms with Gasteiger partial charge in [0.1, 0.15) is 5.82 Å². The van der Waals surface area contributed by atoms with Crippen LogP contribution in [-0.4, -0.2) is 74.0 Å². The van der Waals surface area contributed by atoms with E-state index >= 15 is 0 Å². The van der Waals surface area contributed by atoms with E-state index in [9.17, 15) is 22.9 Å². The molecule has 0 N–H and O–H groups in total. The number of nitrogens with zero attached hydrogens (tertiary/aromatic N) is 5. The summed E-state index contributed by atoms with van der Waals surface area (Å²) >= 11 is 0. The van der Waals surface area contributed by atoms with Crippen LogP contribution < -0.4 is 4.90 Å². The first-order valence-electron chi connectivity index (χ1n) is 10.2. The molecule has 2 aliphatic heterocycles. The van der Waals surface area contributed by atoms with Gasteiger partial charge in [0, 0.05) is 56.8 Å². The van der Waals surface area contributed by atoms with Gasteiger partial charge in [0.15, 0.2) is 0 Å². The van der Waals surface area contributed by atoms with Crippen LogP contribution in [-0.2, 0) is 10.0 Å². The van der Waals surface area contributed by atoms with E-state index < -0.39 is 15.8 Å². The number of carbonyl (C=O) groups excluding carboxylic acids is 1. The van der Waals surface area contributed by atoms with E-state index in [-0.39, 0.29) is 38.0 Å². The molecule has 2 fully saturated rings. The minimum Gasteiger partial charge on any atom is -0.370 e. The van der Waals surface area contributed by atoms with Crippen molar-refractivity contribution in [1.29, 1.82) is 5.26 Å². The minimum absolute atomic E-state index is 0.0238. The van der Waals surface area contributed by atoms with E-state index in [2.05, 4.69) is 11.1 Å². The van der Waals surface area contributed by atoms with Crippen molar-refractivity contribution in [2.75, 3.05) is 50.4 Å². The molecule has 0 atom stereocenters. The van der Waals surface area contributed by atoms with Gasteiger partial charge >= 0.3 is 0 Å². The number of halogens is 1. The van der Waals surface area contributed by atoms with Crippen LogP contribution in [0.3, 0.4) is 0 Å². The highest BCUT2D eigenvalue weighted by Crippen LogP contribution is 2.34. The minimum atomic E-state index is -3.30. The number of pyridine rings is 1. The van der Waals surface area contributed by atoms with E-state index in [1.54, 1.807) is 11.0 Å². The monoisotopic (exact) mass is 445 g/mol. The van der Waals surface area contributed by atoms with Gasteiger partial charge in [-0.1, -0.05) is 0 Å². The molecule has 0 unspecified atom stereocenters. The number of amides is 1. The maximum atomic E-state index is 14.1. The third-order valence-electron chi connectivity index (χ3n) is 6.02. The summed E-state index contributed by atoms with van der Waals surface area (Å²) in [4.78, 5) is 21.5. The van der Waals surface area contributed by atoms with E-state index in [1.807, 2.05) is 4.90 Å². The van der Waals surface area contributed by atoms with Gasteiger partial charge < -0.3 is 9.80 Å². The van der Waals surface area contributed by atoms with E-state index in [0.29, 0.717) is 48.1 Å². The Balaban J connectivity index is 1.69. The van der Waals surface area contributed by atoms with E-state index in [4.69, 9.17) is 0 Å². The number of fused-ring (bicyclic) bond motifs is 1. The lowest BCUT2D eigenvalue weighted by Gasteiger charge is -2.36. The number of piperazine rings is 1. The summed E-state index contributed by atoms with van der Waals surface area (Å²) in [6, 6.07) is 6.63. The highest BCUT2D eigenvalue weighted by Gasteiger charge is 2.30. The largest absolute Gasteiger partial charge is 0.370 e. The van der Waals surface area contributed by atoms with Gasteiger partial charge in [0.25, 0.3) is 5.91 Å². The van der Waals surface area contributed by atoms with Crippen LogP contribution in [0.4, 0.5) is 10.1 Å². The standard InChI is InChI=1S/C21H24FN5O3S/c1-31(29,30)27-10-8-26(9-11-27)21(28)18-14-24-19-3-2-16(22)12-17(19)20(18)25-6-4-15(13-23)5-7-25/h2-3,12,14-15H,4-11H2,1H3. The highest BCUT2D eigenvalue weighted by atomic mass is 32.2. The second-order valence-electron chi connectivity index (χ2n) is 8.03. The number of hydrogen-bond acceptors (Lipinski definition) is 6.